The molecule has 6 nitrogen and oxygen atoms in total. The second-order valence-electron chi connectivity index (χ2n) is 4.43. The van der Waals surface area contributed by atoms with Gasteiger partial charge in [0.25, 0.3) is 0 Å². The average Bonchev–Trinajstić information content (AvgIpc) is 3.15. The van der Waals surface area contributed by atoms with Crippen molar-refractivity contribution in [3.05, 3.63) is 33.9 Å². The summed E-state index contributed by atoms with van der Waals surface area (Å²) in [6.45, 7) is 1.86. The van der Waals surface area contributed by atoms with Gasteiger partial charge in [-0.3, -0.25) is 4.57 Å². The number of pyridine rings is 1. The molecule has 2 heterocycles. The molecule has 0 aliphatic heterocycles. The fourth-order valence-corrected chi connectivity index (χ4v) is 2.87. The van der Waals surface area contributed by atoms with E-state index in [0.29, 0.717) is 15.7 Å². The van der Waals surface area contributed by atoms with Crippen molar-refractivity contribution in [2.45, 2.75) is 36.0 Å². The Hall–Kier alpha value is -2.07. The normalized spacial score (nSPS) is 14.3. The van der Waals surface area contributed by atoms with E-state index in [-0.39, 0.29) is 11.7 Å². The molecule has 0 saturated heterocycles. The molecule has 7 heteroatoms. The molecule has 1 N–H and O–H groups in total. The molecule has 1 aliphatic rings. The summed E-state index contributed by atoms with van der Waals surface area (Å²) in [4.78, 5) is 15.9. The molecule has 0 amide bonds. The third-order valence-electron chi connectivity index (χ3n) is 3.01. The van der Waals surface area contributed by atoms with Crippen LogP contribution in [0.1, 0.15) is 30.0 Å². The lowest BCUT2D eigenvalue weighted by Gasteiger charge is -2.05. The van der Waals surface area contributed by atoms with Crippen LogP contribution >= 0.6 is 11.8 Å². The summed E-state index contributed by atoms with van der Waals surface area (Å²) in [7, 11) is 0. The molecule has 0 atom stereocenters. The van der Waals surface area contributed by atoms with E-state index in [2.05, 4.69) is 21.3 Å². The lowest BCUT2D eigenvalue weighted by molar-refractivity contribution is 0.642. The Morgan fingerprint density at radius 2 is 2.37 bits per heavy atom. The molecule has 19 heavy (non-hydrogen) atoms. The fourth-order valence-electron chi connectivity index (χ4n) is 1.85. The SMILES string of the molecule is Cc1ccnc(Sc2n[nH]c(=O)n2C2CC2)c1C#N. The summed E-state index contributed by atoms with van der Waals surface area (Å²) < 4.78 is 1.65. The number of rotatable bonds is 3. The first kappa shape index (κ1) is 12.0. The van der Waals surface area contributed by atoms with Crippen molar-refractivity contribution in [1.82, 2.24) is 19.7 Å². The van der Waals surface area contributed by atoms with Crippen LogP contribution in [0, 0.1) is 18.3 Å². The highest BCUT2D eigenvalue weighted by atomic mass is 32.2. The van der Waals surface area contributed by atoms with E-state index >= 15 is 0 Å². The Kier molecular flexibility index (Phi) is 2.87. The van der Waals surface area contributed by atoms with Crippen LogP contribution in [-0.4, -0.2) is 19.7 Å². The Morgan fingerprint density at radius 3 is 3.05 bits per heavy atom. The Labute approximate surface area is 113 Å². The molecule has 2 aromatic heterocycles. The predicted molar refractivity (Wildman–Crippen MR) is 68.9 cm³/mol. The number of H-pyrrole nitrogens is 1. The molecule has 3 rings (SSSR count). The van der Waals surface area contributed by atoms with E-state index in [9.17, 15) is 10.1 Å². The predicted octanol–water partition coefficient (Wildman–Crippen LogP) is 1.63. The maximum absolute atomic E-state index is 11.7. The zero-order valence-corrected chi connectivity index (χ0v) is 11.1. The number of nitriles is 1. The Bertz CT molecular complexity index is 722. The summed E-state index contributed by atoms with van der Waals surface area (Å²) in [6, 6.07) is 4.18. The van der Waals surface area contributed by atoms with Crippen molar-refractivity contribution in [2.75, 3.05) is 0 Å². The third kappa shape index (κ3) is 2.15. The third-order valence-corrected chi connectivity index (χ3v) is 3.98. The molecule has 0 spiro atoms. The summed E-state index contributed by atoms with van der Waals surface area (Å²) in [5.41, 5.74) is 1.21. The van der Waals surface area contributed by atoms with E-state index in [4.69, 9.17) is 0 Å². The highest BCUT2D eigenvalue weighted by Gasteiger charge is 2.29. The second-order valence-corrected chi connectivity index (χ2v) is 5.39. The minimum Gasteiger partial charge on any atom is -0.267 e. The standard InChI is InChI=1S/C12H11N5OS/c1-7-4-5-14-10(9(7)6-13)19-12-16-15-11(18)17(12)8-2-3-8/h4-5,8H,2-3H2,1H3,(H,15,18). The molecular weight excluding hydrogens is 262 g/mol. The number of hydrogen-bond donors (Lipinski definition) is 1. The van der Waals surface area contributed by atoms with Gasteiger partial charge in [-0.2, -0.15) is 5.26 Å². The van der Waals surface area contributed by atoms with E-state index in [0.717, 1.165) is 18.4 Å². The van der Waals surface area contributed by atoms with Crippen LogP contribution in [0.15, 0.2) is 27.2 Å². The van der Waals surface area contributed by atoms with Gasteiger partial charge in [-0.25, -0.2) is 14.9 Å². The van der Waals surface area contributed by atoms with Gasteiger partial charge in [0.15, 0.2) is 5.16 Å². The molecule has 1 aliphatic carbocycles. The highest BCUT2D eigenvalue weighted by molar-refractivity contribution is 7.99. The summed E-state index contributed by atoms with van der Waals surface area (Å²) in [5.74, 6) is 0. The summed E-state index contributed by atoms with van der Waals surface area (Å²) in [5, 5.41) is 16.8. The first-order chi connectivity index (χ1) is 9.20. The number of aromatic nitrogens is 4. The van der Waals surface area contributed by atoms with Crippen LogP contribution in [0.3, 0.4) is 0 Å². The minimum absolute atomic E-state index is 0.198. The zero-order valence-electron chi connectivity index (χ0n) is 10.3. The van der Waals surface area contributed by atoms with Crippen molar-refractivity contribution in [2.24, 2.45) is 0 Å². The molecule has 0 unspecified atom stereocenters. The fraction of sp³-hybridized carbons (Fsp3) is 0.333. The summed E-state index contributed by atoms with van der Waals surface area (Å²) >= 11 is 1.26. The van der Waals surface area contributed by atoms with E-state index < -0.39 is 0 Å². The molecule has 1 fully saturated rings. The van der Waals surface area contributed by atoms with Gasteiger partial charge in [-0.1, -0.05) is 0 Å². The largest absolute Gasteiger partial charge is 0.344 e. The van der Waals surface area contributed by atoms with Crippen molar-refractivity contribution in [3.8, 4) is 6.07 Å². The monoisotopic (exact) mass is 273 g/mol. The minimum atomic E-state index is -0.198. The van der Waals surface area contributed by atoms with Gasteiger partial charge in [0.05, 0.1) is 5.56 Å². The van der Waals surface area contributed by atoms with Crippen LogP contribution in [0.4, 0.5) is 0 Å². The van der Waals surface area contributed by atoms with Crippen LogP contribution in [-0.2, 0) is 0 Å². The smallest absolute Gasteiger partial charge is 0.267 e. The van der Waals surface area contributed by atoms with E-state index in [1.165, 1.54) is 11.8 Å². The maximum Gasteiger partial charge on any atom is 0.344 e. The van der Waals surface area contributed by atoms with E-state index in [1.807, 2.05) is 6.92 Å². The van der Waals surface area contributed by atoms with Crippen molar-refractivity contribution >= 4 is 11.8 Å². The van der Waals surface area contributed by atoms with Crippen LogP contribution < -0.4 is 5.69 Å². The lowest BCUT2D eigenvalue weighted by atomic mass is 10.2. The van der Waals surface area contributed by atoms with Crippen LogP contribution in [0.2, 0.25) is 0 Å². The van der Waals surface area contributed by atoms with Gasteiger partial charge < -0.3 is 0 Å². The number of aryl methyl sites for hydroxylation is 1. The first-order valence-electron chi connectivity index (χ1n) is 5.91. The Morgan fingerprint density at radius 1 is 1.58 bits per heavy atom. The molecule has 0 radical (unpaired) electrons. The van der Waals surface area contributed by atoms with Gasteiger partial charge in [0, 0.05) is 12.2 Å². The summed E-state index contributed by atoms with van der Waals surface area (Å²) in [6.07, 6.45) is 3.66. The van der Waals surface area contributed by atoms with Crippen molar-refractivity contribution in [1.29, 1.82) is 5.26 Å². The van der Waals surface area contributed by atoms with Crippen molar-refractivity contribution < 1.29 is 0 Å². The molecular formula is C12H11N5OS. The molecule has 0 aromatic carbocycles. The number of nitrogens with one attached hydrogen (secondary N) is 1. The number of aromatic amines is 1. The van der Waals surface area contributed by atoms with Gasteiger partial charge in [-0.05, 0) is 43.2 Å². The topological polar surface area (TPSA) is 87.4 Å². The molecule has 1 saturated carbocycles. The number of nitrogens with zero attached hydrogens (tertiary/aromatic N) is 4. The van der Waals surface area contributed by atoms with E-state index in [1.54, 1.807) is 16.8 Å². The molecule has 96 valence electrons. The van der Waals surface area contributed by atoms with Gasteiger partial charge in [-0.15, -0.1) is 5.10 Å². The lowest BCUT2D eigenvalue weighted by Crippen LogP contribution is -2.16. The number of hydrogen-bond acceptors (Lipinski definition) is 5. The average molecular weight is 273 g/mol. The van der Waals surface area contributed by atoms with Gasteiger partial charge >= 0.3 is 5.69 Å². The highest BCUT2D eigenvalue weighted by Crippen LogP contribution is 2.37. The molecule has 0 bridgehead atoms. The quantitative estimate of drug-likeness (QED) is 0.918. The van der Waals surface area contributed by atoms with Crippen LogP contribution in [0.25, 0.3) is 0 Å². The van der Waals surface area contributed by atoms with Gasteiger partial charge in [0.2, 0.25) is 0 Å². The maximum atomic E-state index is 11.7. The Balaban J connectivity index is 2.01. The van der Waals surface area contributed by atoms with Crippen LogP contribution in [0.5, 0.6) is 0 Å². The second kappa shape index (κ2) is 4.55. The zero-order chi connectivity index (χ0) is 13.4. The van der Waals surface area contributed by atoms with Gasteiger partial charge in [0.1, 0.15) is 11.1 Å². The van der Waals surface area contributed by atoms with Crippen molar-refractivity contribution in [3.63, 3.8) is 0 Å². The molecule has 2 aromatic rings. The first-order valence-corrected chi connectivity index (χ1v) is 6.73.